The van der Waals surface area contributed by atoms with E-state index in [0.29, 0.717) is 0 Å². The second-order valence-corrected chi connectivity index (χ2v) is 13.8. The maximum Gasteiger partial charge on any atom is 0.323 e. The minimum Gasteiger partial charge on any atom is -0.509 e. The smallest absolute Gasteiger partial charge is 0.323 e. The van der Waals surface area contributed by atoms with E-state index in [-0.39, 0.29) is 22.3 Å². The molecule has 0 radical (unpaired) electrons. The van der Waals surface area contributed by atoms with Crippen LogP contribution in [0.1, 0.15) is 47.0 Å². The Labute approximate surface area is 164 Å². The van der Waals surface area contributed by atoms with Crippen molar-refractivity contribution in [1.29, 1.82) is 0 Å². The van der Waals surface area contributed by atoms with Gasteiger partial charge in [0, 0.05) is 0 Å². The quantitative estimate of drug-likeness (QED) is 0.731. The molecule has 0 heterocycles. The number of carbonyl (C=O) groups is 1. The van der Waals surface area contributed by atoms with Gasteiger partial charge in [0.2, 0.25) is 0 Å². The zero-order valence-corrected chi connectivity index (χ0v) is 17.9. The van der Waals surface area contributed by atoms with Crippen molar-refractivity contribution in [2.45, 2.75) is 52.0 Å². The van der Waals surface area contributed by atoms with Gasteiger partial charge in [-0.3, -0.25) is 4.79 Å². The normalized spacial score (nSPS) is 27.1. The lowest BCUT2D eigenvalue weighted by molar-refractivity contribution is -0.141. The Hall–Kier alpha value is -1.87. The number of rotatable bonds is 4. The van der Waals surface area contributed by atoms with E-state index < -0.39 is 8.32 Å². The summed E-state index contributed by atoms with van der Waals surface area (Å²) in [5.41, 5.74) is 0.183. The summed E-state index contributed by atoms with van der Waals surface area (Å²) in [7, 11) is -2.77. The van der Waals surface area contributed by atoms with E-state index in [1.54, 1.807) is 0 Å². The zero-order valence-electron chi connectivity index (χ0n) is 16.9. The summed E-state index contributed by atoms with van der Waals surface area (Å²) in [6.45, 7) is 8.95. The zero-order chi connectivity index (χ0) is 19.3. The van der Waals surface area contributed by atoms with Crippen molar-refractivity contribution >= 4 is 24.7 Å². The lowest BCUT2D eigenvalue weighted by Gasteiger charge is -2.43. The van der Waals surface area contributed by atoms with E-state index >= 15 is 0 Å². The average Bonchev–Trinajstić information content (AvgIpc) is 3.20. The molecule has 0 unspecified atom stereocenters. The van der Waals surface area contributed by atoms with Crippen molar-refractivity contribution in [3.8, 4) is 0 Å². The Bertz CT molecular complexity index is 783. The molecule has 0 spiro atoms. The lowest BCUT2D eigenvalue weighted by Crippen LogP contribution is -2.67. The van der Waals surface area contributed by atoms with E-state index in [1.807, 2.05) is 12.1 Å². The van der Waals surface area contributed by atoms with Crippen molar-refractivity contribution in [3.63, 3.8) is 0 Å². The molecule has 0 N–H and O–H groups in total. The molecule has 3 heteroatoms. The van der Waals surface area contributed by atoms with Gasteiger partial charge < -0.3 is 4.43 Å². The fourth-order valence-corrected chi connectivity index (χ4v) is 9.66. The highest BCUT2D eigenvalue weighted by atomic mass is 28.4. The fourth-order valence-electron chi connectivity index (χ4n) is 5.29. The monoisotopic (exact) mass is 378 g/mol. The molecule has 0 bridgehead atoms. The van der Waals surface area contributed by atoms with Crippen LogP contribution in [0.4, 0.5) is 0 Å². The highest BCUT2D eigenvalue weighted by Gasteiger charge is 2.63. The van der Waals surface area contributed by atoms with Crippen LogP contribution in [0.5, 0.6) is 0 Å². The predicted octanol–water partition coefficient (Wildman–Crippen LogP) is 4.53. The first-order chi connectivity index (χ1) is 12.8. The summed E-state index contributed by atoms with van der Waals surface area (Å²) in [4.78, 5) is 13.5. The van der Waals surface area contributed by atoms with Gasteiger partial charge in [0.25, 0.3) is 5.97 Å². The predicted molar refractivity (Wildman–Crippen MR) is 113 cm³/mol. The maximum absolute atomic E-state index is 13.5. The van der Waals surface area contributed by atoms with E-state index in [0.717, 1.165) is 12.3 Å². The second-order valence-electron chi connectivity index (χ2n) is 9.62. The summed E-state index contributed by atoms with van der Waals surface area (Å²) in [6, 6.07) is 20.9. The van der Waals surface area contributed by atoms with Crippen LogP contribution in [0.25, 0.3) is 0 Å². The van der Waals surface area contributed by atoms with Crippen molar-refractivity contribution < 1.29 is 9.22 Å². The SMILES string of the molecule is CC(C)(C)[Si](OC(=O)[C@H]1CC[C@H]2C[C@@]21C)(c1ccccc1)c1ccccc1. The Morgan fingerprint density at radius 3 is 1.85 bits per heavy atom. The highest BCUT2D eigenvalue weighted by Crippen LogP contribution is 2.66. The van der Waals surface area contributed by atoms with Crippen LogP contribution in [0.2, 0.25) is 5.04 Å². The van der Waals surface area contributed by atoms with Gasteiger partial charge in [-0.15, -0.1) is 0 Å². The molecule has 27 heavy (non-hydrogen) atoms. The van der Waals surface area contributed by atoms with Gasteiger partial charge in [-0.25, -0.2) is 0 Å². The Balaban J connectivity index is 1.81. The summed E-state index contributed by atoms with van der Waals surface area (Å²) >= 11 is 0. The van der Waals surface area contributed by atoms with Gasteiger partial charge >= 0.3 is 8.32 Å². The maximum atomic E-state index is 13.5. The topological polar surface area (TPSA) is 26.3 Å². The van der Waals surface area contributed by atoms with E-state index in [2.05, 4.69) is 76.2 Å². The van der Waals surface area contributed by atoms with Crippen molar-refractivity contribution in [2.75, 3.05) is 0 Å². The fraction of sp³-hybridized carbons (Fsp3) is 0.458. The van der Waals surface area contributed by atoms with Gasteiger partial charge in [0.15, 0.2) is 0 Å². The van der Waals surface area contributed by atoms with E-state index in [4.69, 9.17) is 4.43 Å². The first kappa shape index (κ1) is 18.5. The first-order valence-corrected chi connectivity index (χ1v) is 12.0. The van der Waals surface area contributed by atoms with Gasteiger partial charge in [-0.1, -0.05) is 88.4 Å². The summed E-state index contributed by atoms with van der Waals surface area (Å²) in [5, 5.41) is 2.19. The third-order valence-corrected chi connectivity index (χ3v) is 11.9. The van der Waals surface area contributed by atoms with Crippen LogP contribution in [0, 0.1) is 17.3 Å². The van der Waals surface area contributed by atoms with Crippen LogP contribution in [-0.2, 0) is 9.22 Å². The Kier molecular flexibility index (Phi) is 4.34. The molecule has 142 valence electrons. The molecule has 2 nitrogen and oxygen atoms in total. The molecule has 2 aliphatic carbocycles. The van der Waals surface area contributed by atoms with Gasteiger partial charge in [0.1, 0.15) is 0 Å². The first-order valence-electron chi connectivity index (χ1n) is 10.1. The lowest BCUT2D eigenvalue weighted by atomic mass is 9.92. The second kappa shape index (κ2) is 6.34. The number of benzene rings is 2. The van der Waals surface area contributed by atoms with Crippen molar-refractivity contribution in [2.24, 2.45) is 17.3 Å². The molecule has 0 aliphatic heterocycles. The Morgan fingerprint density at radius 2 is 1.48 bits per heavy atom. The number of hydrogen-bond acceptors (Lipinski definition) is 2. The van der Waals surface area contributed by atoms with Gasteiger partial charge in [-0.05, 0) is 46.0 Å². The van der Waals surface area contributed by atoms with Gasteiger partial charge in [0.05, 0.1) is 5.92 Å². The molecule has 0 aromatic heterocycles. The molecular formula is C24H30O2Si. The molecule has 0 saturated heterocycles. The van der Waals surface area contributed by atoms with E-state index in [1.165, 1.54) is 23.2 Å². The molecule has 3 atom stereocenters. The minimum absolute atomic E-state index is 0.0341. The minimum atomic E-state index is -2.77. The summed E-state index contributed by atoms with van der Waals surface area (Å²) in [6.07, 6.45) is 3.35. The molecule has 2 aromatic carbocycles. The molecular weight excluding hydrogens is 348 g/mol. The third kappa shape index (κ3) is 2.87. The molecule has 2 aromatic rings. The van der Waals surface area contributed by atoms with Crippen molar-refractivity contribution in [1.82, 2.24) is 0 Å². The van der Waals surface area contributed by atoms with Crippen molar-refractivity contribution in [3.05, 3.63) is 60.7 Å². The number of fused-ring (bicyclic) bond motifs is 1. The van der Waals surface area contributed by atoms with Crippen LogP contribution in [0.3, 0.4) is 0 Å². The molecule has 2 fully saturated rings. The number of carbonyl (C=O) groups excluding carboxylic acids is 1. The Morgan fingerprint density at radius 1 is 0.963 bits per heavy atom. The van der Waals surface area contributed by atoms with Crippen LogP contribution in [-0.4, -0.2) is 14.3 Å². The van der Waals surface area contributed by atoms with Crippen LogP contribution in [0.15, 0.2) is 60.7 Å². The van der Waals surface area contributed by atoms with E-state index in [9.17, 15) is 4.79 Å². The van der Waals surface area contributed by atoms with Crippen LogP contribution < -0.4 is 10.4 Å². The molecule has 4 rings (SSSR count). The standard InChI is InChI=1S/C24H30O2Si/c1-23(2,3)27(19-11-7-5-8-12-19,20-13-9-6-10-14-20)26-22(25)21-16-15-18-17-24(18,21)4/h5-14,18,21H,15-17H2,1-4H3/t18-,21+,24-/m0/s1. The number of hydrogen-bond donors (Lipinski definition) is 0. The van der Waals surface area contributed by atoms with Gasteiger partial charge in [-0.2, -0.15) is 0 Å². The molecule has 2 aliphatic rings. The summed E-state index contributed by atoms with van der Waals surface area (Å²) in [5.74, 6) is 0.824. The summed E-state index contributed by atoms with van der Waals surface area (Å²) < 4.78 is 6.72. The average molecular weight is 379 g/mol. The highest BCUT2D eigenvalue weighted by molar-refractivity contribution is 7.00. The molecule has 0 amide bonds. The van der Waals surface area contributed by atoms with Crippen LogP contribution >= 0.6 is 0 Å². The molecule has 2 saturated carbocycles. The third-order valence-electron chi connectivity index (χ3n) is 7.01. The largest absolute Gasteiger partial charge is 0.509 e.